The van der Waals surface area contributed by atoms with Gasteiger partial charge >= 0.3 is 0 Å². The number of rotatable bonds is 5. The second-order valence-corrected chi connectivity index (χ2v) is 6.82. The molecule has 1 aliphatic rings. The van der Waals surface area contributed by atoms with Crippen molar-refractivity contribution in [2.24, 2.45) is 0 Å². The zero-order valence-corrected chi connectivity index (χ0v) is 12.4. The number of aromatic nitrogens is 2. The third kappa shape index (κ3) is 3.25. The Bertz CT molecular complexity index is 692. The van der Waals surface area contributed by atoms with Gasteiger partial charge < -0.3 is 0 Å². The van der Waals surface area contributed by atoms with E-state index in [2.05, 4.69) is 19.8 Å². The molecule has 2 N–H and O–H groups in total. The number of H-pyrrole nitrogens is 1. The van der Waals surface area contributed by atoms with Gasteiger partial charge in [-0.1, -0.05) is 18.2 Å². The summed E-state index contributed by atoms with van der Waals surface area (Å²) in [5, 5.41) is 6.23. The van der Waals surface area contributed by atoms with Crippen LogP contribution in [0, 0.1) is 0 Å². The molecule has 1 fully saturated rings. The van der Waals surface area contributed by atoms with E-state index in [-0.39, 0.29) is 5.03 Å². The first-order valence-electron chi connectivity index (χ1n) is 6.97. The van der Waals surface area contributed by atoms with Crippen LogP contribution in [0.1, 0.15) is 18.4 Å². The topological polar surface area (TPSA) is 78.1 Å². The molecule has 2 heterocycles. The van der Waals surface area contributed by atoms with E-state index in [1.54, 1.807) is 6.07 Å². The largest absolute Gasteiger partial charge is 0.299 e. The highest BCUT2D eigenvalue weighted by Gasteiger charge is 2.19. The van der Waals surface area contributed by atoms with Crippen LogP contribution in [0.2, 0.25) is 0 Å². The number of nitrogens with zero attached hydrogens (tertiary/aromatic N) is 2. The standard InChI is InChI=1S/C14H18N4O2S/c19-21(20,14-7-8-15-16-14)17-13-6-2-1-5-12(13)11-18-9-3-4-10-18/h1-2,5-8,17H,3-4,9-11H2,(H,15,16). The fourth-order valence-corrected chi connectivity index (χ4v) is 3.54. The summed E-state index contributed by atoms with van der Waals surface area (Å²) in [6, 6.07) is 8.95. The SMILES string of the molecule is O=S(=O)(Nc1ccccc1CN1CCCC1)c1ccn[nH]1. The van der Waals surface area contributed by atoms with E-state index in [1.807, 2.05) is 18.2 Å². The minimum atomic E-state index is -3.61. The Morgan fingerprint density at radius 3 is 2.67 bits per heavy atom. The Balaban J connectivity index is 1.82. The van der Waals surface area contributed by atoms with Gasteiger partial charge in [-0.2, -0.15) is 13.5 Å². The van der Waals surface area contributed by atoms with Crippen LogP contribution in [0.3, 0.4) is 0 Å². The van der Waals surface area contributed by atoms with Gasteiger partial charge in [0.15, 0.2) is 5.03 Å². The monoisotopic (exact) mass is 306 g/mol. The van der Waals surface area contributed by atoms with Gasteiger partial charge in [0.25, 0.3) is 10.0 Å². The number of para-hydroxylation sites is 1. The molecule has 0 atom stereocenters. The molecule has 2 aromatic rings. The molecule has 1 aromatic carbocycles. The molecule has 1 aromatic heterocycles. The minimum absolute atomic E-state index is 0.0680. The second kappa shape index (κ2) is 5.87. The number of aromatic amines is 1. The highest BCUT2D eigenvalue weighted by molar-refractivity contribution is 7.92. The maximum absolute atomic E-state index is 12.3. The van der Waals surface area contributed by atoms with Crippen molar-refractivity contribution in [1.29, 1.82) is 0 Å². The molecule has 1 saturated heterocycles. The van der Waals surface area contributed by atoms with Crippen LogP contribution in [-0.2, 0) is 16.6 Å². The predicted molar refractivity (Wildman–Crippen MR) is 80.3 cm³/mol. The van der Waals surface area contributed by atoms with Crippen molar-refractivity contribution in [2.75, 3.05) is 17.8 Å². The first-order valence-corrected chi connectivity index (χ1v) is 8.46. The Morgan fingerprint density at radius 2 is 1.95 bits per heavy atom. The lowest BCUT2D eigenvalue weighted by atomic mass is 10.2. The molecular formula is C14H18N4O2S. The van der Waals surface area contributed by atoms with Crippen molar-refractivity contribution in [2.45, 2.75) is 24.4 Å². The number of hydrogen-bond donors (Lipinski definition) is 2. The number of benzene rings is 1. The molecule has 0 radical (unpaired) electrons. The van der Waals surface area contributed by atoms with E-state index in [1.165, 1.54) is 25.1 Å². The lowest BCUT2D eigenvalue weighted by Crippen LogP contribution is -2.20. The van der Waals surface area contributed by atoms with Gasteiger partial charge in [-0.05, 0) is 43.6 Å². The highest BCUT2D eigenvalue weighted by Crippen LogP contribution is 2.22. The molecule has 3 rings (SSSR count). The summed E-state index contributed by atoms with van der Waals surface area (Å²) in [6.45, 7) is 2.91. The molecule has 0 unspecified atom stereocenters. The number of anilines is 1. The molecular weight excluding hydrogens is 288 g/mol. The van der Waals surface area contributed by atoms with Crippen LogP contribution < -0.4 is 4.72 Å². The zero-order valence-electron chi connectivity index (χ0n) is 11.6. The first-order chi connectivity index (χ1) is 10.1. The van der Waals surface area contributed by atoms with E-state index in [4.69, 9.17) is 0 Å². The average molecular weight is 306 g/mol. The van der Waals surface area contributed by atoms with E-state index >= 15 is 0 Å². The zero-order chi connectivity index (χ0) is 14.7. The van der Waals surface area contributed by atoms with Gasteiger partial charge in [0.2, 0.25) is 0 Å². The van der Waals surface area contributed by atoms with Gasteiger partial charge in [-0.3, -0.25) is 14.7 Å². The Morgan fingerprint density at radius 1 is 1.19 bits per heavy atom. The van der Waals surface area contributed by atoms with Crippen molar-refractivity contribution in [3.63, 3.8) is 0 Å². The van der Waals surface area contributed by atoms with Crippen molar-refractivity contribution >= 4 is 15.7 Å². The summed E-state index contributed by atoms with van der Waals surface area (Å²) >= 11 is 0. The van der Waals surface area contributed by atoms with Crippen LogP contribution in [0.5, 0.6) is 0 Å². The van der Waals surface area contributed by atoms with Crippen LogP contribution >= 0.6 is 0 Å². The molecule has 21 heavy (non-hydrogen) atoms. The smallest absolute Gasteiger partial charge is 0.278 e. The summed E-state index contributed by atoms with van der Waals surface area (Å²) < 4.78 is 27.1. The highest BCUT2D eigenvalue weighted by atomic mass is 32.2. The number of hydrogen-bond acceptors (Lipinski definition) is 4. The molecule has 0 spiro atoms. The maximum Gasteiger partial charge on any atom is 0.278 e. The van der Waals surface area contributed by atoms with Gasteiger partial charge in [-0.25, -0.2) is 0 Å². The molecule has 0 bridgehead atoms. The lowest BCUT2D eigenvalue weighted by molar-refractivity contribution is 0.332. The Labute approximate surface area is 124 Å². The van der Waals surface area contributed by atoms with E-state index in [0.29, 0.717) is 5.69 Å². The Kier molecular flexibility index (Phi) is 3.94. The van der Waals surface area contributed by atoms with Gasteiger partial charge in [0.05, 0.1) is 11.9 Å². The van der Waals surface area contributed by atoms with Gasteiger partial charge in [0.1, 0.15) is 0 Å². The van der Waals surface area contributed by atoms with Gasteiger partial charge in [0, 0.05) is 6.54 Å². The van der Waals surface area contributed by atoms with Crippen LogP contribution in [0.25, 0.3) is 0 Å². The molecule has 7 heteroatoms. The summed E-state index contributed by atoms with van der Waals surface area (Å²) in [6.07, 6.45) is 3.84. The summed E-state index contributed by atoms with van der Waals surface area (Å²) in [5.74, 6) is 0. The first kappa shape index (κ1) is 14.1. The van der Waals surface area contributed by atoms with Crippen LogP contribution in [0.15, 0.2) is 41.6 Å². The molecule has 0 amide bonds. The molecule has 6 nitrogen and oxygen atoms in total. The fraction of sp³-hybridized carbons (Fsp3) is 0.357. The maximum atomic E-state index is 12.3. The molecule has 0 saturated carbocycles. The summed E-state index contributed by atoms with van der Waals surface area (Å²) in [7, 11) is -3.61. The lowest BCUT2D eigenvalue weighted by Gasteiger charge is -2.18. The van der Waals surface area contributed by atoms with Crippen molar-refractivity contribution in [3.8, 4) is 0 Å². The molecule has 112 valence electrons. The van der Waals surface area contributed by atoms with Crippen molar-refractivity contribution in [1.82, 2.24) is 15.1 Å². The number of nitrogens with one attached hydrogen (secondary N) is 2. The third-order valence-electron chi connectivity index (χ3n) is 3.62. The molecule has 1 aliphatic heterocycles. The van der Waals surface area contributed by atoms with Crippen molar-refractivity contribution in [3.05, 3.63) is 42.1 Å². The normalized spacial score (nSPS) is 16.2. The predicted octanol–water partition coefficient (Wildman–Crippen LogP) is 1.81. The Hall–Kier alpha value is -1.86. The number of sulfonamides is 1. The summed E-state index contributed by atoms with van der Waals surface area (Å²) in [5.41, 5.74) is 1.61. The average Bonchev–Trinajstić information content (AvgIpc) is 3.13. The van der Waals surface area contributed by atoms with Crippen molar-refractivity contribution < 1.29 is 8.42 Å². The van der Waals surface area contributed by atoms with Crippen LogP contribution in [0.4, 0.5) is 5.69 Å². The molecule has 0 aliphatic carbocycles. The van der Waals surface area contributed by atoms with Crippen LogP contribution in [-0.4, -0.2) is 36.6 Å². The number of likely N-dealkylation sites (tertiary alicyclic amines) is 1. The van der Waals surface area contributed by atoms with E-state index < -0.39 is 10.0 Å². The van der Waals surface area contributed by atoms with E-state index in [0.717, 1.165) is 25.2 Å². The summed E-state index contributed by atoms with van der Waals surface area (Å²) in [4.78, 5) is 2.34. The quantitative estimate of drug-likeness (QED) is 0.883. The minimum Gasteiger partial charge on any atom is -0.299 e. The second-order valence-electron chi connectivity index (χ2n) is 5.17. The third-order valence-corrected chi connectivity index (χ3v) is 4.91. The fourth-order valence-electron chi connectivity index (χ4n) is 2.53. The van der Waals surface area contributed by atoms with Gasteiger partial charge in [-0.15, -0.1) is 0 Å². The van der Waals surface area contributed by atoms with E-state index in [9.17, 15) is 8.42 Å².